The van der Waals surface area contributed by atoms with Crippen molar-refractivity contribution in [2.24, 2.45) is 0 Å². The Kier molecular flexibility index (Phi) is 4.37. The number of hydrogen-bond acceptors (Lipinski definition) is 3. The highest BCUT2D eigenvalue weighted by molar-refractivity contribution is 5.95. The largest absolute Gasteiger partial charge is 0.378 e. The third-order valence-corrected chi connectivity index (χ3v) is 4.29. The Labute approximate surface area is 137 Å². The Bertz CT molecular complexity index is 675. The Morgan fingerprint density at radius 1 is 1.17 bits per heavy atom. The Morgan fingerprint density at radius 3 is 2.48 bits per heavy atom. The van der Waals surface area contributed by atoms with Crippen LogP contribution in [0.4, 0.5) is 11.4 Å². The van der Waals surface area contributed by atoms with Crippen LogP contribution in [-0.4, -0.2) is 22.2 Å². The summed E-state index contributed by atoms with van der Waals surface area (Å²) >= 11 is 0. The highest BCUT2D eigenvalue weighted by atomic mass is 16.2. The van der Waals surface area contributed by atoms with Crippen LogP contribution in [0, 0.1) is 0 Å². The number of amides is 1. The lowest BCUT2D eigenvalue weighted by Gasteiger charge is -2.18. The molecule has 1 aromatic heterocycles. The van der Waals surface area contributed by atoms with Crippen LogP contribution in [0.15, 0.2) is 36.7 Å². The molecule has 23 heavy (non-hydrogen) atoms. The third kappa shape index (κ3) is 3.38. The van der Waals surface area contributed by atoms with E-state index >= 15 is 0 Å². The summed E-state index contributed by atoms with van der Waals surface area (Å²) in [5.41, 5.74) is 3.20. The highest BCUT2D eigenvalue weighted by Gasteiger charge is 2.21. The first-order valence-corrected chi connectivity index (χ1v) is 8.25. The molecule has 1 N–H and O–H groups in total. The van der Waals surface area contributed by atoms with Crippen LogP contribution in [-0.2, 0) is 4.79 Å². The number of carbonyl (C=O) groups is 1. The zero-order valence-electron chi connectivity index (χ0n) is 14.0. The van der Waals surface area contributed by atoms with Crippen molar-refractivity contribution in [1.82, 2.24) is 9.78 Å². The summed E-state index contributed by atoms with van der Waals surface area (Å²) < 4.78 is 1.97. The lowest BCUT2D eigenvalue weighted by atomic mass is 10.1. The fraction of sp³-hybridized carbons (Fsp3) is 0.444. The number of anilines is 2. The van der Waals surface area contributed by atoms with Gasteiger partial charge in [-0.15, -0.1) is 0 Å². The van der Waals surface area contributed by atoms with Gasteiger partial charge in [-0.05, 0) is 51.5 Å². The average molecular weight is 312 g/mol. The highest BCUT2D eigenvalue weighted by Crippen LogP contribution is 2.25. The van der Waals surface area contributed by atoms with Crippen LogP contribution in [0.2, 0.25) is 0 Å². The van der Waals surface area contributed by atoms with Crippen molar-refractivity contribution in [2.45, 2.75) is 45.7 Å². The predicted octanol–water partition coefficient (Wildman–Crippen LogP) is 3.76. The first kappa shape index (κ1) is 15.6. The van der Waals surface area contributed by atoms with E-state index in [0.717, 1.165) is 29.9 Å². The van der Waals surface area contributed by atoms with Crippen molar-refractivity contribution < 1.29 is 4.79 Å². The lowest BCUT2D eigenvalue weighted by Crippen LogP contribution is -2.23. The SMILES string of the molecule is CC(Nc1ccc(N2CCCC2=O)cc1)c1cnn(C(C)C)c1. The normalized spacial score (nSPS) is 16.2. The zero-order chi connectivity index (χ0) is 16.4. The van der Waals surface area contributed by atoms with E-state index in [9.17, 15) is 4.79 Å². The molecular formula is C18H24N4O. The first-order chi connectivity index (χ1) is 11.0. The molecule has 1 unspecified atom stereocenters. The summed E-state index contributed by atoms with van der Waals surface area (Å²) in [6, 6.07) is 8.63. The smallest absolute Gasteiger partial charge is 0.227 e. The number of nitrogens with one attached hydrogen (secondary N) is 1. The molecule has 1 saturated heterocycles. The number of rotatable bonds is 5. The van der Waals surface area contributed by atoms with Crippen molar-refractivity contribution in [1.29, 1.82) is 0 Å². The van der Waals surface area contributed by atoms with Gasteiger partial charge in [0.2, 0.25) is 5.91 Å². The molecule has 1 atom stereocenters. The average Bonchev–Trinajstić information content (AvgIpc) is 3.17. The summed E-state index contributed by atoms with van der Waals surface area (Å²) in [5.74, 6) is 0.222. The fourth-order valence-corrected chi connectivity index (χ4v) is 2.85. The number of carbonyl (C=O) groups excluding carboxylic acids is 1. The molecule has 1 aliphatic rings. The summed E-state index contributed by atoms with van der Waals surface area (Å²) in [6.07, 6.45) is 5.61. The van der Waals surface area contributed by atoms with E-state index in [1.807, 2.05) is 40.0 Å². The number of nitrogens with zero attached hydrogens (tertiary/aromatic N) is 3. The van der Waals surface area contributed by atoms with Gasteiger partial charge in [0.25, 0.3) is 0 Å². The van der Waals surface area contributed by atoms with Gasteiger partial charge < -0.3 is 10.2 Å². The molecule has 5 heteroatoms. The topological polar surface area (TPSA) is 50.2 Å². The molecule has 5 nitrogen and oxygen atoms in total. The van der Waals surface area contributed by atoms with E-state index in [4.69, 9.17) is 0 Å². The minimum atomic E-state index is 0.182. The van der Waals surface area contributed by atoms with Crippen LogP contribution in [0.1, 0.15) is 51.3 Å². The van der Waals surface area contributed by atoms with Crippen molar-refractivity contribution in [3.8, 4) is 0 Å². The van der Waals surface area contributed by atoms with Crippen molar-refractivity contribution in [3.63, 3.8) is 0 Å². The van der Waals surface area contributed by atoms with E-state index < -0.39 is 0 Å². The standard InChI is InChI=1S/C18H24N4O/c1-13(2)22-12-15(11-19-22)14(3)20-16-6-8-17(9-7-16)21-10-4-5-18(21)23/h6-9,11-14,20H,4-5,10H2,1-3H3. The van der Waals surface area contributed by atoms with E-state index in [-0.39, 0.29) is 11.9 Å². The Morgan fingerprint density at radius 2 is 1.91 bits per heavy atom. The van der Waals surface area contributed by atoms with Crippen LogP contribution in [0.5, 0.6) is 0 Å². The van der Waals surface area contributed by atoms with Gasteiger partial charge in [0.1, 0.15) is 0 Å². The van der Waals surface area contributed by atoms with Gasteiger partial charge in [-0.3, -0.25) is 9.48 Å². The molecule has 0 bridgehead atoms. The second kappa shape index (κ2) is 6.44. The number of benzene rings is 1. The lowest BCUT2D eigenvalue weighted by molar-refractivity contribution is -0.117. The van der Waals surface area contributed by atoms with Gasteiger partial charge >= 0.3 is 0 Å². The van der Waals surface area contributed by atoms with Gasteiger partial charge in [-0.2, -0.15) is 5.10 Å². The van der Waals surface area contributed by atoms with E-state index in [2.05, 4.69) is 37.4 Å². The molecule has 3 rings (SSSR count). The maximum Gasteiger partial charge on any atom is 0.227 e. The van der Waals surface area contributed by atoms with Crippen molar-refractivity contribution >= 4 is 17.3 Å². The quantitative estimate of drug-likeness (QED) is 0.914. The molecule has 1 fully saturated rings. The molecule has 0 saturated carbocycles. The van der Waals surface area contributed by atoms with Crippen LogP contribution in [0.25, 0.3) is 0 Å². The van der Waals surface area contributed by atoms with Crippen molar-refractivity contribution in [2.75, 3.05) is 16.8 Å². The van der Waals surface area contributed by atoms with E-state index in [1.54, 1.807) is 0 Å². The van der Waals surface area contributed by atoms with E-state index in [1.165, 1.54) is 0 Å². The van der Waals surface area contributed by atoms with Crippen LogP contribution >= 0.6 is 0 Å². The molecule has 0 spiro atoms. The fourth-order valence-electron chi connectivity index (χ4n) is 2.85. The minimum Gasteiger partial charge on any atom is -0.378 e. The molecule has 1 aliphatic heterocycles. The van der Waals surface area contributed by atoms with Gasteiger partial charge in [0.05, 0.1) is 12.2 Å². The van der Waals surface area contributed by atoms with Crippen LogP contribution in [0.3, 0.4) is 0 Å². The Balaban J connectivity index is 1.66. The maximum atomic E-state index is 11.8. The summed E-state index contributed by atoms with van der Waals surface area (Å²) in [7, 11) is 0. The second-order valence-electron chi connectivity index (χ2n) is 6.41. The molecule has 2 heterocycles. The summed E-state index contributed by atoms with van der Waals surface area (Å²) in [4.78, 5) is 13.6. The van der Waals surface area contributed by atoms with Gasteiger partial charge in [0, 0.05) is 42.1 Å². The number of hydrogen-bond donors (Lipinski definition) is 1. The Hall–Kier alpha value is -2.30. The van der Waals surface area contributed by atoms with Gasteiger partial charge in [-0.25, -0.2) is 0 Å². The molecule has 0 radical (unpaired) electrons. The molecule has 1 aromatic carbocycles. The van der Waals surface area contributed by atoms with Gasteiger partial charge in [-0.1, -0.05) is 0 Å². The molecule has 1 amide bonds. The zero-order valence-corrected chi connectivity index (χ0v) is 14.0. The maximum absolute atomic E-state index is 11.8. The minimum absolute atomic E-state index is 0.182. The van der Waals surface area contributed by atoms with Gasteiger partial charge in [0.15, 0.2) is 0 Å². The van der Waals surface area contributed by atoms with Crippen LogP contribution < -0.4 is 10.2 Å². The predicted molar refractivity (Wildman–Crippen MR) is 92.7 cm³/mol. The third-order valence-electron chi connectivity index (χ3n) is 4.29. The van der Waals surface area contributed by atoms with E-state index in [0.29, 0.717) is 12.5 Å². The molecular weight excluding hydrogens is 288 g/mol. The summed E-state index contributed by atoms with van der Waals surface area (Å²) in [5, 5.41) is 7.87. The van der Waals surface area contributed by atoms with Crippen molar-refractivity contribution in [3.05, 3.63) is 42.2 Å². The summed E-state index contributed by atoms with van der Waals surface area (Å²) in [6.45, 7) is 7.19. The molecule has 122 valence electrons. The molecule has 0 aliphatic carbocycles. The molecule has 2 aromatic rings. The monoisotopic (exact) mass is 312 g/mol. The first-order valence-electron chi connectivity index (χ1n) is 8.25. The number of aromatic nitrogens is 2. The second-order valence-corrected chi connectivity index (χ2v) is 6.41.